The zero-order valence-corrected chi connectivity index (χ0v) is 10.7. The minimum atomic E-state index is -2.84. The van der Waals surface area contributed by atoms with E-state index in [-0.39, 0.29) is 11.7 Å². The Bertz CT molecular complexity index is 582. The van der Waals surface area contributed by atoms with Crippen molar-refractivity contribution in [3.8, 4) is 5.75 Å². The first kappa shape index (κ1) is 14.0. The number of nitrogens with one attached hydrogen (secondary N) is 2. The molecule has 20 heavy (non-hydrogen) atoms. The minimum Gasteiger partial charge on any atom is -0.435 e. The average molecular weight is 281 g/mol. The number of rotatable bonds is 5. The summed E-state index contributed by atoms with van der Waals surface area (Å²) in [7, 11) is 0. The van der Waals surface area contributed by atoms with Crippen molar-refractivity contribution in [2.24, 2.45) is 0 Å². The average Bonchev–Trinajstić information content (AvgIpc) is 2.83. The third kappa shape index (κ3) is 3.53. The molecule has 1 heterocycles. The van der Waals surface area contributed by atoms with Crippen LogP contribution in [0.15, 0.2) is 30.5 Å². The number of halogens is 2. The molecule has 0 bridgehead atoms. The summed E-state index contributed by atoms with van der Waals surface area (Å²) in [6, 6.07) is 6.08. The van der Waals surface area contributed by atoms with Gasteiger partial charge >= 0.3 is 6.61 Å². The second kappa shape index (κ2) is 6.14. The standard InChI is InChI=1S/C13H13F2N3O2/c1-8-11(7-17-18-8)12(19)16-6-9-2-4-10(5-3-9)20-13(14)15/h2-5,7,13H,6H2,1H3,(H,16,19)(H,17,18). The molecule has 0 atom stereocenters. The second-order valence-corrected chi connectivity index (χ2v) is 4.11. The van der Waals surface area contributed by atoms with Crippen LogP contribution in [0.4, 0.5) is 8.78 Å². The van der Waals surface area contributed by atoms with E-state index in [4.69, 9.17) is 0 Å². The molecule has 7 heteroatoms. The topological polar surface area (TPSA) is 67.0 Å². The Balaban J connectivity index is 1.91. The molecule has 0 aliphatic carbocycles. The number of nitrogens with zero attached hydrogens (tertiary/aromatic N) is 1. The lowest BCUT2D eigenvalue weighted by Gasteiger charge is -2.07. The number of aromatic amines is 1. The number of aromatic nitrogens is 2. The molecule has 106 valence electrons. The first-order chi connectivity index (χ1) is 9.56. The molecule has 0 aliphatic heterocycles. The monoisotopic (exact) mass is 281 g/mol. The van der Waals surface area contributed by atoms with Gasteiger partial charge in [-0.2, -0.15) is 13.9 Å². The van der Waals surface area contributed by atoms with Gasteiger partial charge in [0.05, 0.1) is 11.8 Å². The van der Waals surface area contributed by atoms with Crippen LogP contribution >= 0.6 is 0 Å². The summed E-state index contributed by atoms with van der Waals surface area (Å²) in [5, 5.41) is 9.15. The molecule has 0 aliphatic rings. The van der Waals surface area contributed by atoms with Crippen molar-refractivity contribution in [3.63, 3.8) is 0 Å². The van der Waals surface area contributed by atoms with Crippen LogP contribution in [0.5, 0.6) is 5.75 Å². The van der Waals surface area contributed by atoms with Crippen LogP contribution < -0.4 is 10.1 Å². The smallest absolute Gasteiger partial charge is 0.387 e. The Morgan fingerprint density at radius 3 is 2.65 bits per heavy atom. The lowest BCUT2D eigenvalue weighted by molar-refractivity contribution is -0.0498. The van der Waals surface area contributed by atoms with Crippen molar-refractivity contribution in [1.29, 1.82) is 0 Å². The lowest BCUT2D eigenvalue weighted by Crippen LogP contribution is -2.23. The Morgan fingerprint density at radius 2 is 2.10 bits per heavy atom. The molecule has 0 spiro atoms. The number of aryl methyl sites for hydroxylation is 1. The van der Waals surface area contributed by atoms with E-state index in [1.807, 2.05) is 0 Å². The normalized spacial score (nSPS) is 10.6. The Labute approximate surface area is 114 Å². The fraction of sp³-hybridized carbons (Fsp3) is 0.231. The molecule has 1 amide bonds. The van der Waals surface area contributed by atoms with E-state index >= 15 is 0 Å². The maximum absolute atomic E-state index is 12.0. The van der Waals surface area contributed by atoms with Crippen molar-refractivity contribution in [2.75, 3.05) is 0 Å². The highest BCUT2D eigenvalue weighted by molar-refractivity contribution is 5.94. The number of hydrogen-bond donors (Lipinski definition) is 2. The summed E-state index contributed by atoms with van der Waals surface area (Å²) >= 11 is 0. The largest absolute Gasteiger partial charge is 0.435 e. The highest BCUT2D eigenvalue weighted by Gasteiger charge is 2.10. The van der Waals surface area contributed by atoms with Gasteiger partial charge in [0.25, 0.3) is 5.91 Å². The molecule has 2 aromatic rings. The van der Waals surface area contributed by atoms with Gasteiger partial charge in [0.2, 0.25) is 0 Å². The van der Waals surface area contributed by atoms with Crippen molar-refractivity contribution in [2.45, 2.75) is 20.1 Å². The summed E-state index contributed by atoms with van der Waals surface area (Å²) in [5.74, 6) is -0.162. The number of benzene rings is 1. The number of alkyl halides is 2. The summed E-state index contributed by atoms with van der Waals surface area (Å²) in [6.45, 7) is -0.804. The number of carbonyl (C=O) groups excluding carboxylic acids is 1. The fourth-order valence-corrected chi connectivity index (χ4v) is 1.65. The number of amides is 1. The first-order valence-electron chi connectivity index (χ1n) is 5.88. The molecule has 1 aromatic heterocycles. The molecule has 2 rings (SSSR count). The zero-order chi connectivity index (χ0) is 14.5. The number of ether oxygens (including phenoxy) is 1. The molecule has 1 aromatic carbocycles. The number of carbonyl (C=O) groups is 1. The quantitative estimate of drug-likeness (QED) is 0.883. The molecule has 5 nitrogen and oxygen atoms in total. The molecule has 2 N–H and O–H groups in total. The Morgan fingerprint density at radius 1 is 1.40 bits per heavy atom. The van der Waals surface area contributed by atoms with E-state index < -0.39 is 6.61 Å². The Hall–Kier alpha value is -2.44. The van der Waals surface area contributed by atoms with Crippen LogP contribution in [0.3, 0.4) is 0 Å². The molecular formula is C13H13F2N3O2. The third-order valence-electron chi connectivity index (χ3n) is 2.68. The van der Waals surface area contributed by atoms with Crippen molar-refractivity contribution < 1.29 is 18.3 Å². The number of H-pyrrole nitrogens is 1. The SMILES string of the molecule is Cc1[nH]ncc1C(=O)NCc1ccc(OC(F)F)cc1. The molecule has 0 saturated heterocycles. The van der Waals surface area contributed by atoms with Gasteiger partial charge in [0.15, 0.2) is 0 Å². The van der Waals surface area contributed by atoms with Gasteiger partial charge in [-0.1, -0.05) is 12.1 Å². The van der Waals surface area contributed by atoms with E-state index in [0.29, 0.717) is 17.8 Å². The fourth-order valence-electron chi connectivity index (χ4n) is 1.65. The highest BCUT2D eigenvalue weighted by atomic mass is 19.3. The summed E-state index contributed by atoms with van der Waals surface area (Å²) < 4.78 is 28.2. The predicted molar refractivity (Wildman–Crippen MR) is 67.6 cm³/mol. The molecular weight excluding hydrogens is 268 g/mol. The zero-order valence-electron chi connectivity index (χ0n) is 10.7. The van der Waals surface area contributed by atoms with E-state index in [0.717, 1.165) is 5.56 Å². The predicted octanol–water partition coefficient (Wildman–Crippen LogP) is 2.25. The lowest BCUT2D eigenvalue weighted by atomic mass is 10.2. The van der Waals surface area contributed by atoms with Crippen molar-refractivity contribution in [3.05, 3.63) is 47.3 Å². The first-order valence-corrected chi connectivity index (χ1v) is 5.88. The van der Waals surface area contributed by atoms with Crippen LogP contribution in [0.1, 0.15) is 21.6 Å². The van der Waals surface area contributed by atoms with E-state index in [1.54, 1.807) is 19.1 Å². The second-order valence-electron chi connectivity index (χ2n) is 4.11. The highest BCUT2D eigenvalue weighted by Crippen LogP contribution is 2.14. The third-order valence-corrected chi connectivity index (χ3v) is 2.68. The molecule has 0 radical (unpaired) electrons. The van der Waals surface area contributed by atoms with Gasteiger partial charge in [-0.15, -0.1) is 0 Å². The van der Waals surface area contributed by atoms with Gasteiger partial charge in [0.1, 0.15) is 5.75 Å². The van der Waals surface area contributed by atoms with Crippen LogP contribution in [-0.4, -0.2) is 22.7 Å². The summed E-state index contributed by atoms with van der Waals surface area (Å²) in [5.41, 5.74) is 1.94. The van der Waals surface area contributed by atoms with Gasteiger partial charge in [-0.05, 0) is 24.6 Å². The van der Waals surface area contributed by atoms with Crippen molar-refractivity contribution in [1.82, 2.24) is 15.5 Å². The molecule has 0 fully saturated rings. The molecule has 0 unspecified atom stereocenters. The van der Waals surface area contributed by atoms with E-state index in [2.05, 4.69) is 20.3 Å². The van der Waals surface area contributed by atoms with Gasteiger partial charge in [-0.25, -0.2) is 0 Å². The van der Waals surface area contributed by atoms with Crippen LogP contribution in [-0.2, 0) is 6.54 Å². The minimum absolute atomic E-state index is 0.0840. The summed E-state index contributed by atoms with van der Waals surface area (Å²) in [6.07, 6.45) is 1.45. The van der Waals surface area contributed by atoms with Crippen LogP contribution in [0.25, 0.3) is 0 Å². The van der Waals surface area contributed by atoms with E-state index in [1.165, 1.54) is 18.3 Å². The van der Waals surface area contributed by atoms with Crippen LogP contribution in [0, 0.1) is 6.92 Å². The van der Waals surface area contributed by atoms with Gasteiger partial charge in [-0.3, -0.25) is 9.89 Å². The van der Waals surface area contributed by atoms with Gasteiger partial charge < -0.3 is 10.1 Å². The Kier molecular flexibility index (Phi) is 4.29. The van der Waals surface area contributed by atoms with Crippen molar-refractivity contribution >= 4 is 5.91 Å². The number of hydrogen-bond acceptors (Lipinski definition) is 3. The van der Waals surface area contributed by atoms with E-state index in [9.17, 15) is 13.6 Å². The summed E-state index contributed by atoms with van der Waals surface area (Å²) in [4.78, 5) is 11.8. The van der Waals surface area contributed by atoms with Gasteiger partial charge in [0, 0.05) is 12.2 Å². The maximum Gasteiger partial charge on any atom is 0.387 e. The maximum atomic E-state index is 12.0. The van der Waals surface area contributed by atoms with Crippen LogP contribution in [0.2, 0.25) is 0 Å². The molecule has 0 saturated carbocycles.